The highest BCUT2D eigenvalue weighted by Gasteiger charge is 1.84. The summed E-state index contributed by atoms with van der Waals surface area (Å²) in [4.78, 5) is 7.64. The number of aliphatic imine (C=N–C) groups is 1. The molecule has 4 heteroatoms. The summed E-state index contributed by atoms with van der Waals surface area (Å²) in [5, 5.41) is 2.30. The van der Waals surface area contributed by atoms with Crippen molar-refractivity contribution >= 4 is 17.4 Å². The van der Waals surface area contributed by atoms with Gasteiger partial charge in [-0.1, -0.05) is 0 Å². The van der Waals surface area contributed by atoms with Gasteiger partial charge in [-0.15, -0.1) is 0 Å². The molecule has 0 atom stereocenters. The molecule has 0 aliphatic rings. The standard InChI is InChI=1S/C6H7N3S/c10-6-8-2-4-9-3-1-7-5-9/h1,3,5H,2,4H2. The maximum atomic E-state index is 4.41. The summed E-state index contributed by atoms with van der Waals surface area (Å²) >= 11 is 4.41. The van der Waals surface area contributed by atoms with Crippen LogP contribution in [0.3, 0.4) is 0 Å². The van der Waals surface area contributed by atoms with Crippen LogP contribution in [0, 0.1) is 0 Å². The van der Waals surface area contributed by atoms with E-state index >= 15 is 0 Å². The molecule has 1 rings (SSSR count). The van der Waals surface area contributed by atoms with E-state index in [1.165, 1.54) is 0 Å². The topological polar surface area (TPSA) is 30.2 Å². The molecule has 0 bridgehead atoms. The van der Waals surface area contributed by atoms with E-state index in [0.29, 0.717) is 6.54 Å². The Morgan fingerprint density at radius 2 is 2.60 bits per heavy atom. The number of isothiocyanates is 1. The highest BCUT2D eigenvalue weighted by atomic mass is 32.1. The zero-order valence-electron chi connectivity index (χ0n) is 5.40. The molecule has 0 unspecified atom stereocenters. The number of imidazole rings is 1. The molecule has 0 aliphatic carbocycles. The largest absolute Gasteiger partial charge is 0.336 e. The van der Waals surface area contributed by atoms with Gasteiger partial charge in [0, 0.05) is 18.9 Å². The molecule has 52 valence electrons. The molecular formula is C6H7N3S. The van der Waals surface area contributed by atoms with E-state index in [0.717, 1.165) is 6.54 Å². The highest BCUT2D eigenvalue weighted by Crippen LogP contribution is 1.84. The second-order valence-corrected chi connectivity index (χ2v) is 1.96. The minimum absolute atomic E-state index is 0.680. The summed E-state index contributed by atoms with van der Waals surface area (Å²) in [6, 6.07) is 0. The van der Waals surface area contributed by atoms with Gasteiger partial charge < -0.3 is 4.57 Å². The first kappa shape index (κ1) is 7.12. The predicted molar refractivity (Wildman–Crippen MR) is 42.1 cm³/mol. The number of nitrogens with zero attached hydrogens (tertiary/aromatic N) is 3. The lowest BCUT2D eigenvalue weighted by Gasteiger charge is -1.93. The highest BCUT2D eigenvalue weighted by molar-refractivity contribution is 7.78. The SMILES string of the molecule is S=C=NCCn1ccnc1. The maximum absolute atomic E-state index is 4.41. The minimum atomic E-state index is 0.680. The Hall–Kier alpha value is -0.990. The van der Waals surface area contributed by atoms with E-state index < -0.39 is 0 Å². The van der Waals surface area contributed by atoms with Crippen LogP contribution in [0.5, 0.6) is 0 Å². The van der Waals surface area contributed by atoms with E-state index in [4.69, 9.17) is 0 Å². The lowest BCUT2D eigenvalue weighted by atomic mass is 10.6. The van der Waals surface area contributed by atoms with Gasteiger partial charge in [0.15, 0.2) is 0 Å². The first-order valence-corrected chi connectivity index (χ1v) is 3.33. The minimum Gasteiger partial charge on any atom is -0.336 e. The summed E-state index contributed by atoms with van der Waals surface area (Å²) in [6.45, 7) is 1.50. The van der Waals surface area contributed by atoms with Gasteiger partial charge in [0.1, 0.15) is 0 Å². The summed E-state index contributed by atoms with van der Waals surface area (Å²) in [7, 11) is 0. The van der Waals surface area contributed by atoms with Gasteiger partial charge in [0.25, 0.3) is 0 Å². The van der Waals surface area contributed by atoms with Gasteiger partial charge >= 0.3 is 0 Å². The second kappa shape index (κ2) is 3.93. The molecule has 0 aromatic carbocycles. The van der Waals surface area contributed by atoms with Crippen LogP contribution in [0.15, 0.2) is 23.7 Å². The number of hydrogen-bond acceptors (Lipinski definition) is 3. The van der Waals surface area contributed by atoms with Crippen molar-refractivity contribution in [2.75, 3.05) is 6.54 Å². The van der Waals surface area contributed by atoms with Gasteiger partial charge in [-0.05, 0) is 12.2 Å². The Morgan fingerprint density at radius 1 is 1.70 bits per heavy atom. The van der Waals surface area contributed by atoms with Crippen LogP contribution < -0.4 is 0 Å². The Bertz CT molecular complexity index is 223. The molecule has 0 spiro atoms. The van der Waals surface area contributed by atoms with E-state index in [2.05, 4.69) is 27.4 Å². The normalized spacial score (nSPS) is 8.80. The summed E-state index contributed by atoms with van der Waals surface area (Å²) in [5.41, 5.74) is 0. The van der Waals surface area contributed by atoms with E-state index in [9.17, 15) is 0 Å². The molecule has 3 nitrogen and oxygen atoms in total. The Labute approximate surface area is 64.4 Å². The summed E-state index contributed by atoms with van der Waals surface area (Å²) < 4.78 is 1.94. The molecule has 0 saturated heterocycles. The van der Waals surface area contributed by atoms with Gasteiger partial charge in [-0.2, -0.15) is 0 Å². The Morgan fingerprint density at radius 3 is 3.20 bits per heavy atom. The zero-order valence-corrected chi connectivity index (χ0v) is 6.21. The first-order valence-electron chi connectivity index (χ1n) is 2.93. The van der Waals surface area contributed by atoms with Crippen molar-refractivity contribution in [3.8, 4) is 0 Å². The lowest BCUT2D eigenvalue weighted by molar-refractivity contribution is 0.711. The van der Waals surface area contributed by atoms with Crippen molar-refractivity contribution in [2.24, 2.45) is 4.99 Å². The van der Waals surface area contributed by atoms with Crippen LogP contribution >= 0.6 is 12.2 Å². The fourth-order valence-corrected chi connectivity index (χ4v) is 0.721. The number of rotatable bonds is 3. The van der Waals surface area contributed by atoms with Crippen LogP contribution in [0.2, 0.25) is 0 Å². The van der Waals surface area contributed by atoms with Crippen molar-refractivity contribution in [1.82, 2.24) is 9.55 Å². The molecule has 0 aliphatic heterocycles. The molecule has 1 aromatic heterocycles. The van der Waals surface area contributed by atoms with Crippen molar-refractivity contribution < 1.29 is 0 Å². The average molecular weight is 153 g/mol. The van der Waals surface area contributed by atoms with Crippen molar-refractivity contribution in [3.63, 3.8) is 0 Å². The van der Waals surface area contributed by atoms with Crippen LogP contribution in [-0.2, 0) is 6.54 Å². The third-order valence-corrected chi connectivity index (χ3v) is 1.22. The Balaban J connectivity index is 2.34. The van der Waals surface area contributed by atoms with Crippen LogP contribution in [0.1, 0.15) is 0 Å². The first-order chi connectivity index (χ1) is 4.93. The van der Waals surface area contributed by atoms with Crippen molar-refractivity contribution in [2.45, 2.75) is 6.54 Å². The van der Waals surface area contributed by atoms with Crippen LogP contribution in [0.4, 0.5) is 0 Å². The predicted octanol–water partition coefficient (Wildman–Crippen LogP) is 0.986. The van der Waals surface area contributed by atoms with E-state index in [-0.39, 0.29) is 0 Å². The third kappa shape index (κ3) is 2.09. The molecule has 0 amide bonds. The smallest absolute Gasteiger partial charge is 0.0946 e. The Kier molecular flexibility index (Phi) is 2.80. The number of aromatic nitrogens is 2. The lowest BCUT2D eigenvalue weighted by Crippen LogP contribution is -1.96. The van der Waals surface area contributed by atoms with Gasteiger partial charge in [-0.25, -0.2) is 9.98 Å². The zero-order chi connectivity index (χ0) is 7.23. The van der Waals surface area contributed by atoms with Crippen LogP contribution in [0.25, 0.3) is 0 Å². The van der Waals surface area contributed by atoms with E-state index in [1.807, 2.05) is 10.8 Å². The maximum Gasteiger partial charge on any atom is 0.0946 e. The fourth-order valence-electron chi connectivity index (χ4n) is 0.630. The van der Waals surface area contributed by atoms with Gasteiger partial charge in [-0.3, -0.25) is 0 Å². The average Bonchev–Trinajstić information content (AvgIpc) is 2.41. The quantitative estimate of drug-likeness (QED) is 0.478. The second-order valence-electron chi connectivity index (χ2n) is 1.77. The molecule has 0 radical (unpaired) electrons. The molecule has 1 heterocycles. The fraction of sp³-hybridized carbons (Fsp3) is 0.333. The molecule has 0 fully saturated rings. The van der Waals surface area contributed by atoms with Crippen LogP contribution in [-0.4, -0.2) is 21.3 Å². The van der Waals surface area contributed by atoms with E-state index in [1.54, 1.807) is 12.5 Å². The van der Waals surface area contributed by atoms with Gasteiger partial charge in [0.05, 0.1) is 18.0 Å². The van der Waals surface area contributed by atoms with Crippen molar-refractivity contribution in [1.29, 1.82) is 0 Å². The third-order valence-electron chi connectivity index (χ3n) is 1.09. The molecular weight excluding hydrogens is 146 g/mol. The summed E-state index contributed by atoms with van der Waals surface area (Å²) in [5.74, 6) is 0. The molecule has 1 aromatic rings. The molecule has 10 heavy (non-hydrogen) atoms. The number of thiocarbonyl (C=S) groups is 1. The van der Waals surface area contributed by atoms with Gasteiger partial charge in [0.2, 0.25) is 0 Å². The number of hydrogen-bond donors (Lipinski definition) is 0. The molecule has 0 N–H and O–H groups in total. The summed E-state index contributed by atoms with van der Waals surface area (Å²) in [6.07, 6.45) is 5.37. The molecule has 0 saturated carbocycles. The monoisotopic (exact) mass is 153 g/mol. The van der Waals surface area contributed by atoms with Crippen molar-refractivity contribution in [3.05, 3.63) is 18.7 Å².